The van der Waals surface area contributed by atoms with Gasteiger partial charge in [0.2, 0.25) is 5.91 Å². The minimum atomic E-state index is -1.20. The fraction of sp³-hybridized carbons (Fsp3) is 0.727. The Labute approximate surface area is 105 Å². The van der Waals surface area contributed by atoms with E-state index in [1.54, 1.807) is 13.8 Å². The van der Waals surface area contributed by atoms with Gasteiger partial charge < -0.3 is 19.9 Å². The van der Waals surface area contributed by atoms with Gasteiger partial charge in [0.1, 0.15) is 12.6 Å². The lowest BCUT2D eigenvalue weighted by Gasteiger charge is -2.14. The molecule has 0 rings (SSSR count). The van der Waals surface area contributed by atoms with Crippen molar-refractivity contribution in [3.63, 3.8) is 0 Å². The van der Waals surface area contributed by atoms with Gasteiger partial charge in [-0.15, -0.1) is 0 Å². The number of ether oxygens (including phenoxy) is 2. The molecule has 0 saturated carbocycles. The van der Waals surface area contributed by atoms with Crippen molar-refractivity contribution in [2.75, 3.05) is 13.7 Å². The number of methoxy groups -OCH3 is 1. The third kappa shape index (κ3) is 7.61. The van der Waals surface area contributed by atoms with Crippen LogP contribution < -0.4 is 5.32 Å². The highest BCUT2D eigenvalue weighted by Gasteiger charge is 2.21. The van der Waals surface area contributed by atoms with Crippen LogP contribution in [0.25, 0.3) is 0 Å². The van der Waals surface area contributed by atoms with E-state index in [1.807, 2.05) is 0 Å². The topological polar surface area (TPSA) is 102 Å². The number of carbonyl (C=O) groups is 3. The van der Waals surface area contributed by atoms with Gasteiger partial charge in [0.15, 0.2) is 0 Å². The second-order valence-corrected chi connectivity index (χ2v) is 3.93. The van der Waals surface area contributed by atoms with Crippen molar-refractivity contribution in [2.45, 2.75) is 38.8 Å². The van der Waals surface area contributed by atoms with E-state index >= 15 is 0 Å². The first kappa shape index (κ1) is 16.4. The van der Waals surface area contributed by atoms with Gasteiger partial charge in [0.25, 0.3) is 0 Å². The molecular weight excluding hydrogens is 242 g/mol. The molecule has 1 atom stereocenters. The zero-order valence-corrected chi connectivity index (χ0v) is 10.8. The summed E-state index contributed by atoms with van der Waals surface area (Å²) in [7, 11) is 1.22. The summed E-state index contributed by atoms with van der Waals surface area (Å²) in [5.41, 5.74) is 0. The van der Waals surface area contributed by atoms with E-state index in [1.165, 1.54) is 7.11 Å². The molecule has 104 valence electrons. The maximum Gasteiger partial charge on any atom is 0.326 e. The van der Waals surface area contributed by atoms with E-state index in [9.17, 15) is 14.4 Å². The molecule has 0 saturated heterocycles. The predicted molar refractivity (Wildman–Crippen MR) is 61.9 cm³/mol. The van der Waals surface area contributed by atoms with E-state index in [0.717, 1.165) is 0 Å². The quantitative estimate of drug-likeness (QED) is 0.593. The fourth-order valence-corrected chi connectivity index (χ4v) is 1.10. The van der Waals surface area contributed by atoms with E-state index < -0.39 is 23.9 Å². The van der Waals surface area contributed by atoms with Crippen LogP contribution in [0.2, 0.25) is 0 Å². The van der Waals surface area contributed by atoms with Crippen LogP contribution in [-0.2, 0) is 23.9 Å². The molecular formula is C11H19NO6. The monoisotopic (exact) mass is 261 g/mol. The molecule has 0 aromatic carbocycles. The van der Waals surface area contributed by atoms with Gasteiger partial charge >= 0.3 is 11.9 Å². The van der Waals surface area contributed by atoms with E-state index in [0.29, 0.717) is 0 Å². The molecule has 0 bridgehead atoms. The number of amides is 1. The van der Waals surface area contributed by atoms with Gasteiger partial charge in [-0.1, -0.05) is 0 Å². The molecule has 2 N–H and O–H groups in total. The first-order valence-electron chi connectivity index (χ1n) is 5.57. The fourth-order valence-electron chi connectivity index (χ4n) is 1.10. The molecule has 7 nitrogen and oxygen atoms in total. The Morgan fingerprint density at radius 1 is 1.28 bits per heavy atom. The van der Waals surface area contributed by atoms with Crippen LogP contribution >= 0.6 is 0 Å². The smallest absolute Gasteiger partial charge is 0.326 e. The summed E-state index contributed by atoms with van der Waals surface area (Å²) >= 11 is 0. The number of carboxylic acid groups (broad SMARTS) is 1. The van der Waals surface area contributed by atoms with Crippen LogP contribution in [-0.4, -0.2) is 48.8 Å². The Bertz CT molecular complexity index is 302. The minimum absolute atomic E-state index is 0.0184. The van der Waals surface area contributed by atoms with E-state index in [2.05, 4.69) is 10.1 Å². The van der Waals surface area contributed by atoms with Crippen molar-refractivity contribution in [3.8, 4) is 0 Å². The van der Waals surface area contributed by atoms with Crippen molar-refractivity contribution in [2.24, 2.45) is 0 Å². The molecule has 0 aliphatic rings. The highest BCUT2D eigenvalue weighted by Crippen LogP contribution is 2.00. The molecule has 0 aromatic rings. The number of aliphatic carboxylic acids is 1. The van der Waals surface area contributed by atoms with Crippen molar-refractivity contribution in [3.05, 3.63) is 0 Å². The van der Waals surface area contributed by atoms with Gasteiger partial charge in [0.05, 0.1) is 13.2 Å². The molecule has 0 radical (unpaired) electrons. The van der Waals surface area contributed by atoms with Crippen LogP contribution in [0, 0.1) is 0 Å². The van der Waals surface area contributed by atoms with Crippen LogP contribution in [0.4, 0.5) is 0 Å². The average molecular weight is 261 g/mol. The Morgan fingerprint density at radius 2 is 1.89 bits per heavy atom. The third-order valence-electron chi connectivity index (χ3n) is 2.05. The van der Waals surface area contributed by atoms with Gasteiger partial charge in [-0.25, -0.2) is 4.79 Å². The van der Waals surface area contributed by atoms with Crippen LogP contribution in [0.5, 0.6) is 0 Å². The normalized spacial score (nSPS) is 12.0. The Morgan fingerprint density at radius 3 is 2.33 bits per heavy atom. The minimum Gasteiger partial charge on any atom is -0.480 e. The Balaban J connectivity index is 4.15. The van der Waals surface area contributed by atoms with Gasteiger partial charge in [-0.05, 0) is 20.3 Å². The van der Waals surface area contributed by atoms with Crippen molar-refractivity contribution < 1.29 is 29.0 Å². The molecule has 0 aliphatic carbocycles. The summed E-state index contributed by atoms with van der Waals surface area (Å²) in [6.07, 6.45) is -0.206. The lowest BCUT2D eigenvalue weighted by molar-refractivity contribution is -0.144. The Hall–Kier alpha value is -1.63. The highest BCUT2D eigenvalue weighted by molar-refractivity contribution is 5.84. The summed E-state index contributed by atoms with van der Waals surface area (Å²) in [6.45, 7) is 3.32. The maximum atomic E-state index is 11.4. The highest BCUT2D eigenvalue weighted by atomic mass is 16.5. The first-order chi connectivity index (χ1) is 8.36. The number of hydrogen-bond acceptors (Lipinski definition) is 5. The van der Waals surface area contributed by atoms with Gasteiger partial charge in [0, 0.05) is 6.42 Å². The summed E-state index contributed by atoms with van der Waals surface area (Å²) in [4.78, 5) is 33.1. The van der Waals surface area contributed by atoms with Crippen LogP contribution in [0.1, 0.15) is 26.7 Å². The number of carbonyl (C=O) groups excluding carboxylic acids is 2. The van der Waals surface area contributed by atoms with Crippen molar-refractivity contribution in [1.29, 1.82) is 0 Å². The second-order valence-electron chi connectivity index (χ2n) is 3.93. The summed E-state index contributed by atoms with van der Waals surface area (Å²) in [6, 6.07) is -1.12. The van der Waals surface area contributed by atoms with Crippen molar-refractivity contribution in [1.82, 2.24) is 5.32 Å². The maximum absolute atomic E-state index is 11.4. The largest absolute Gasteiger partial charge is 0.480 e. The lowest BCUT2D eigenvalue weighted by atomic mass is 10.1. The molecule has 0 spiro atoms. The van der Waals surface area contributed by atoms with E-state index in [4.69, 9.17) is 9.84 Å². The molecule has 1 amide bonds. The Kier molecular flexibility index (Phi) is 7.69. The van der Waals surface area contributed by atoms with E-state index in [-0.39, 0.29) is 25.6 Å². The number of carboxylic acids is 1. The number of nitrogens with one attached hydrogen (secondary N) is 1. The summed E-state index contributed by atoms with van der Waals surface area (Å²) in [5, 5.41) is 11.2. The second kappa shape index (κ2) is 8.46. The SMILES string of the molecule is COC(=O)CC[C@@H](NC(=O)COC(C)C)C(=O)O. The molecule has 0 aliphatic heterocycles. The summed E-state index contributed by atoms with van der Waals surface area (Å²) in [5.74, 6) is -2.24. The number of esters is 1. The zero-order valence-electron chi connectivity index (χ0n) is 10.8. The third-order valence-corrected chi connectivity index (χ3v) is 2.05. The predicted octanol–water partition coefficient (Wildman–Crippen LogP) is -0.0660. The molecule has 0 heterocycles. The number of rotatable bonds is 8. The van der Waals surface area contributed by atoms with Crippen LogP contribution in [0.3, 0.4) is 0 Å². The molecule has 0 fully saturated rings. The molecule has 0 unspecified atom stereocenters. The summed E-state index contributed by atoms with van der Waals surface area (Å²) < 4.78 is 9.43. The zero-order chi connectivity index (χ0) is 14.1. The molecule has 0 aromatic heterocycles. The molecule has 7 heteroatoms. The van der Waals surface area contributed by atoms with Crippen LogP contribution in [0.15, 0.2) is 0 Å². The van der Waals surface area contributed by atoms with Gasteiger partial charge in [-0.2, -0.15) is 0 Å². The molecule has 18 heavy (non-hydrogen) atoms. The first-order valence-corrected chi connectivity index (χ1v) is 5.57. The van der Waals surface area contributed by atoms with Crippen molar-refractivity contribution >= 4 is 17.8 Å². The standard InChI is InChI=1S/C11H19NO6/c1-7(2)18-6-9(13)12-8(11(15)16)4-5-10(14)17-3/h7-8H,4-6H2,1-3H3,(H,12,13)(H,15,16)/t8-/m1/s1. The van der Waals surface area contributed by atoms with Gasteiger partial charge in [-0.3, -0.25) is 9.59 Å². The lowest BCUT2D eigenvalue weighted by Crippen LogP contribution is -2.43. The number of hydrogen-bond donors (Lipinski definition) is 2. The average Bonchev–Trinajstić information content (AvgIpc) is 2.30.